The van der Waals surface area contributed by atoms with Gasteiger partial charge in [0, 0.05) is 31.6 Å². The van der Waals surface area contributed by atoms with Gasteiger partial charge in [-0.2, -0.15) is 0 Å². The molecule has 3 atom stereocenters. The molecular weight excluding hydrogens is 510 g/mol. The molecule has 0 aliphatic carbocycles. The zero-order valence-corrected chi connectivity index (χ0v) is 23.7. The fourth-order valence-electron chi connectivity index (χ4n) is 6.01. The van der Waals surface area contributed by atoms with Gasteiger partial charge >= 0.3 is 5.97 Å². The highest BCUT2D eigenvalue weighted by Crippen LogP contribution is 2.43. The fourth-order valence-corrected chi connectivity index (χ4v) is 6.01. The molecule has 0 aromatic heterocycles. The lowest BCUT2D eigenvalue weighted by atomic mass is 9.83. The lowest BCUT2D eigenvalue weighted by Gasteiger charge is -2.30. The molecule has 0 spiro atoms. The molecule has 4 rings (SSSR count). The van der Waals surface area contributed by atoms with E-state index in [1.807, 2.05) is 47.4 Å². The van der Waals surface area contributed by atoms with Gasteiger partial charge in [-0.15, -0.1) is 0 Å². The highest BCUT2D eigenvalue weighted by Gasteiger charge is 2.47. The molecule has 218 valence electrons. The quantitative estimate of drug-likeness (QED) is 0.341. The minimum absolute atomic E-state index is 0.0344. The molecule has 2 aromatic carbocycles. The molecule has 2 heterocycles. The minimum Gasteiger partial charge on any atom is -0.496 e. The van der Waals surface area contributed by atoms with E-state index < -0.39 is 11.9 Å². The fraction of sp³-hybridized carbons (Fsp3) is 0.548. The van der Waals surface area contributed by atoms with E-state index >= 15 is 0 Å². The van der Waals surface area contributed by atoms with E-state index in [0.29, 0.717) is 44.1 Å². The molecule has 2 aliphatic rings. The van der Waals surface area contributed by atoms with Crippen molar-refractivity contribution in [2.24, 2.45) is 11.7 Å². The number of aliphatic carboxylic acids is 1. The zero-order chi connectivity index (χ0) is 28.5. The van der Waals surface area contributed by atoms with Crippen LogP contribution in [0.25, 0.3) is 0 Å². The Morgan fingerprint density at radius 1 is 1.10 bits per heavy atom. The number of fused-ring (bicyclic) bond motifs is 1. The van der Waals surface area contributed by atoms with E-state index in [4.69, 9.17) is 19.9 Å². The summed E-state index contributed by atoms with van der Waals surface area (Å²) >= 11 is 0. The van der Waals surface area contributed by atoms with Crippen LogP contribution in [0.5, 0.6) is 17.2 Å². The van der Waals surface area contributed by atoms with Crippen LogP contribution in [-0.2, 0) is 16.0 Å². The number of nitrogens with zero attached hydrogens (tertiary/aromatic N) is 2. The smallest absolute Gasteiger partial charge is 0.308 e. The number of hydrogen-bond acceptors (Lipinski definition) is 7. The number of aryl methyl sites for hydroxylation is 1. The molecule has 3 unspecified atom stereocenters. The van der Waals surface area contributed by atoms with Crippen LogP contribution in [0.4, 0.5) is 0 Å². The van der Waals surface area contributed by atoms with E-state index in [2.05, 4.69) is 11.8 Å². The summed E-state index contributed by atoms with van der Waals surface area (Å²) in [5.41, 5.74) is 7.74. The van der Waals surface area contributed by atoms with Crippen LogP contribution in [0, 0.1) is 5.92 Å². The molecule has 1 amide bonds. The summed E-state index contributed by atoms with van der Waals surface area (Å²) in [6.07, 6.45) is 4.87. The average Bonchev–Trinajstić information content (AvgIpc) is 3.57. The minimum atomic E-state index is -0.842. The van der Waals surface area contributed by atoms with E-state index in [1.54, 1.807) is 7.11 Å². The van der Waals surface area contributed by atoms with Crippen molar-refractivity contribution in [3.8, 4) is 17.2 Å². The standard InChI is InChI=1S/C31H43N3O6/c1-3-4-16-33(17-8-15-32)29(35)20-34-19-24(23-13-14-27-28(18-23)40-21-39-27)30(31(36)37)25(34)11-7-10-22-9-5-6-12-26(22)38-2/h5-6,9,12-14,18,24-25,30H,3-4,7-8,10-11,15-17,19-21,32H2,1-2H3,(H,36,37). The molecule has 2 aliphatic heterocycles. The first kappa shape index (κ1) is 29.7. The van der Waals surface area contributed by atoms with Gasteiger partial charge < -0.3 is 30.0 Å². The lowest BCUT2D eigenvalue weighted by Crippen LogP contribution is -2.45. The highest BCUT2D eigenvalue weighted by molar-refractivity contribution is 5.79. The van der Waals surface area contributed by atoms with Crippen LogP contribution in [-0.4, -0.2) is 79.5 Å². The summed E-state index contributed by atoms with van der Waals surface area (Å²) in [6.45, 7) is 4.79. The monoisotopic (exact) mass is 553 g/mol. The summed E-state index contributed by atoms with van der Waals surface area (Å²) < 4.78 is 16.6. The predicted octanol–water partition coefficient (Wildman–Crippen LogP) is 3.89. The number of rotatable bonds is 15. The van der Waals surface area contributed by atoms with Gasteiger partial charge in [0.1, 0.15) is 5.75 Å². The maximum Gasteiger partial charge on any atom is 0.308 e. The SMILES string of the molecule is CCCCN(CCCN)C(=O)CN1CC(c2ccc3c(c2)OCO3)C(C(=O)O)C1CCCc1ccccc1OC. The molecule has 40 heavy (non-hydrogen) atoms. The van der Waals surface area contributed by atoms with Crippen molar-refractivity contribution in [2.75, 3.05) is 46.6 Å². The number of benzene rings is 2. The van der Waals surface area contributed by atoms with Gasteiger partial charge in [0.2, 0.25) is 12.7 Å². The second kappa shape index (κ2) is 14.4. The molecule has 1 saturated heterocycles. The summed E-state index contributed by atoms with van der Waals surface area (Å²) in [4.78, 5) is 30.3. The molecule has 3 N–H and O–H groups in total. The van der Waals surface area contributed by atoms with Gasteiger partial charge in [-0.3, -0.25) is 14.5 Å². The molecule has 9 nitrogen and oxygen atoms in total. The third-order valence-corrected chi connectivity index (χ3v) is 8.10. The summed E-state index contributed by atoms with van der Waals surface area (Å²) in [7, 11) is 1.66. The molecule has 0 saturated carbocycles. The van der Waals surface area contributed by atoms with Crippen LogP contribution >= 0.6 is 0 Å². The van der Waals surface area contributed by atoms with Crippen LogP contribution < -0.4 is 19.9 Å². The number of ether oxygens (including phenoxy) is 3. The summed E-state index contributed by atoms with van der Waals surface area (Å²) in [6, 6.07) is 13.3. The van der Waals surface area contributed by atoms with E-state index in [9.17, 15) is 14.7 Å². The van der Waals surface area contributed by atoms with Gasteiger partial charge in [-0.05, 0) is 68.0 Å². The number of nitrogens with two attached hydrogens (primary N) is 1. The number of likely N-dealkylation sites (tertiary alicyclic amines) is 1. The molecular formula is C31H43N3O6. The molecule has 0 bridgehead atoms. The first-order valence-corrected chi connectivity index (χ1v) is 14.4. The molecule has 9 heteroatoms. The van der Waals surface area contributed by atoms with Gasteiger partial charge in [0.15, 0.2) is 11.5 Å². The van der Waals surface area contributed by atoms with Gasteiger partial charge in [-0.25, -0.2) is 0 Å². The van der Waals surface area contributed by atoms with Gasteiger partial charge in [0.25, 0.3) is 0 Å². The Labute approximate surface area is 237 Å². The number of carbonyl (C=O) groups is 2. The van der Waals surface area contributed by atoms with Gasteiger partial charge in [0.05, 0.1) is 19.6 Å². The molecule has 2 aromatic rings. The Morgan fingerprint density at radius 3 is 2.62 bits per heavy atom. The van der Waals surface area contributed by atoms with E-state index in [-0.39, 0.29) is 31.2 Å². The number of para-hydroxylation sites is 1. The predicted molar refractivity (Wildman–Crippen MR) is 153 cm³/mol. The third kappa shape index (κ3) is 7.06. The largest absolute Gasteiger partial charge is 0.496 e. The van der Waals surface area contributed by atoms with Crippen molar-refractivity contribution in [1.82, 2.24) is 9.80 Å². The Hall–Kier alpha value is -3.30. The molecule has 1 fully saturated rings. The summed E-state index contributed by atoms with van der Waals surface area (Å²) in [5.74, 6) is 0.401. The maximum atomic E-state index is 13.6. The Kier molecular flexibility index (Phi) is 10.7. The number of unbranched alkanes of at least 4 members (excludes halogenated alkanes) is 1. The number of carbonyl (C=O) groups excluding carboxylic acids is 1. The highest BCUT2D eigenvalue weighted by atomic mass is 16.7. The zero-order valence-electron chi connectivity index (χ0n) is 23.7. The number of amides is 1. The van der Waals surface area contributed by atoms with Gasteiger partial charge in [-0.1, -0.05) is 37.6 Å². The number of carboxylic acid groups (broad SMARTS) is 1. The normalized spacial score (nSPS) is 20.0. The van der Waals surface area contributed by atoms with Crippen molar-refractivity contribution in [3.05, 3.63) is 53.6 Å². The lowest BCUT2D eigenvalue weighted by molar-refractivity contribution is -0.143. The van der Waals surface area contributed by atoms with Crippen LogP contribution in [0.3, 0.4) is 0 Å². The van der Waals surface area contributed by atoms with Crippen molar-refractivity contribution in [3.63, 3.8) is 0 Å². The Morgan fingerprint density at radius 2 is 1.88 bits per heavy atom. The average molecular weight is 554 g/mol. The number of hydrogen-bond donors (Lipinski definition) is 2. The van der Waals surface area contributed by atoms with Crippen molar-refractivity contribution in [2.45, 2.75) is 57.4 Å². The second-order valence-corrected chi connectivity index (χ2v) is 10.7. The number of methoxy groups -OCH3 is 1. The van der Waals surface area contributed by atoms with E-state index in [1.165, 1.54) is 0 Å². The maximum absolute atomic E-state index is 13.6. The number of carboxylic acids is 1. The molecule has 0 radical (unpaired) electrons. The topological polar surface area (TPSA) is 115 Å². The van der Waals surface area contributed by atoms with Crippen LogP contribution in [0.1, 0.15) is 56.1 Å². The summed E-state index contributed by atoms with van der Waals surface area (Å²) in [5, 5.41) is 10.5. The first-order valence-electron chi connectivity index (χ1n) is 14.4. The van der Waals surface area contributed by atoms with Crippen LogP contribution in [0.15, 0.2) is 42.5 Å². The second-order valence-electron chi connectivity index (χ2n) is 10.7. The Bertz CT molecular complexity index is 1130. The van der Waals surface area contributed by atoms with Crippen molar-refractivity contribution >= 4 is 11.9 Å². The van der Waals surface area contributed by atoms with Crippen molar-refractivity contribution in [1.29, 1.82) is 0 Å². The van der Waals surface area contributed by atoms with Crippen molar-refractivity contribution < 1.29 is 28.9 Å². The first-order chi connectivity index (χ1) is 19.5. The van der Waals surface area contributed by atoms with E-state index in [0.717, 1.165) is 49.0 Å². The Balaban J connectivity index is 1.57. The third-order valence-electron chi connectivity index (χ3n) is 8.10. The van der Waals surface area contributed by atoms with Crippen LogP contribution in [0.2, 0.25) is 0 Å².